The SMILES string of the molecule is CCNC(CN(C)C1CCCC(C)C1)(C(=O)OC)C1CC1. The highest BCUT2D eigenvalue weighted by atomic mass is 16.5. The molecular weight excluding hydrogens is 264 g/mol. The first kappa shape index (κ1) is 16.8. The van der Waals surface area contributed by atoms with Crippen LogP contribution in [0.25, 0.3) is 0 Å². The van der Waals surface area contributed by atoms with Crippen molar-refractivity contribution in [3.05, 3.63) is 0 Å². The summed E-state index contributed by atoms with van der Waals surface area (Å²) in [5.74, 6) is 1.16. The van der Waals surface area contributed by atoms with Crippen molar-refractivity contribution < 1.29 is 9.53 Å². The topological polar surface area (TPSA) is 41.6 Å². The molecule has 0 spiro atoms. The third kappa shape index (κ3) is 3.78. The van der Waals surface area contributed by atoms with Gasteiger partial charge in [0.1, 0.15) is 5.54 Å². The van der Waals surface area contributed by atoms with Gasteiger partial charge >= 0.3 is 5.97 Å². The molecule has 3 atom stereocenters. The maximum Gasteiger partial charge on any atom is 0.327 e. The van der Waals surface area contributed by atoms with Gasteiger partial charge in [-0.15, -0.1) is 0 Å². The van der Waals surface area contributed by atoms with E-state index in [-0.39, 0.29) is 5.97 Å². The lowest BCUT2D eigenvalue weighted by Crippen LogP contribution is -2.62. The van der Waals surface area contributed by atoms with Crippen molar-refractivity contribution in [2.45, 2.75) is 64.0 Å². The highest BCUT2D eigenvalue weighted by molar-refractivity contribution is 5.82. The minimum atomic E-state index is -0.501. The molecule has 2 fully saturated rings. The fraction of sp³-hybridized carbons (Fsp3) is 0.941. The van der Waals surface area contributed by atoms with E-state index in [1.807, 2.05) is 0 Å². The Kier molecular flexibility index (Phi) is 5.67. The summed E-state index contributed by atoms with van der Waals surface area (Å²) in [6.07, 6.45) is 7.45. The summed E-state index contributed by atoms with van der Waals surface area (Å²) in [6.45, 7) is 6.00. The monoisotopic (exact) mass is 296 g/mol. The van der Waals surface area contributed by atoms with Gasteiger partial charge in [-0.25, -0.2) is 4.79 Å². The largest absolute Gasteiger partial charge is 0.468 e. The van der Waals surface area contributed by atoms with Crippen LogP contribution in [0.2, 0.25) is 0 Å². The Labute approximate surface area is 129 Å². The van der Waals surface area contributed by atoms with E-state index < -0.39 is 5.54 Å². The first-order valence-electron chi connectivity index (χ1n) is 8.57. The molecule has 122 valence electrons. The van der Waals surface area contributed by atoms with E-state index in [2.05, 4.69) is 31.1 Å². The van der Waals surface area contributed by atoms with Crippen LogP contribution >= 0.6 is 0 Å². The number of hydrogen-bond donors (Lipinski definition) is 1. The zero-order chi connectivity index (χ0) is 15.5. The van der Waals surface area contributed by atoms with Crippen LogP contribution in [0.4, 0.5) is 0 Å². The summed E-state index contributed by atoms with van der Waals surface area (Å²) in [4.78, 5) is 14.9. The van der Waals surface area contributed by atoms with Gasteiger partial charge in [0.05, 0.1) is 7.11 Å². The molecule has 4 nitrogen and oxygen atoms in total. The second-order valence-electron chi connectivity index (χ2n) is 7.11. The van der Waals surface area contributed by atoms with Crippen molar-refractivity contribution in [1.29, 1.82) is 0 Å². The van der Waals surface area contributed by atoms with E-state index in [1.165, 1.54) is 32.8 Å². The van der Waals surface area contributed by atoms with Crippen LogP contribution < -0.4 is 5.32 Å². The molecule has 0 bridgehead atoms. The summed E-state index contributed by atoms with van der Waals surface area (Å²) in [7, 11) is 3.69. The maximum absolute atomic E-state index is 12.5. The number of rotatable bonds is 7. The molecule has 0 heterocycles. The fourth-order valence-electron chi connectivity index (χ4n) is 4.03. The van der Waals surface area contributed by atoms with Gasteiger partial charge in [0.15, 0.2) is 0 Å². The first-order chi connectivity index (χ1) is 10.0. The lowest BCUT2D eigenvalue weighted by molar-refractivity contribution is -0.151. The number of methoxy groups -OCH3 is 1. The predicted molar refractivity (Wildman–Crippen MR) is 85.2 cm³/mol. The Morgan fingerprint density at radius 1 is 1.33 bits per heavy atom. The van der Waals surface area contributed by atoms with Crippen LogP contribution in [0.15, 0.2) is 0 Å². The van der Waals surface area contributed by atoms with Crippen LogP contribution in [-0.2, 0) is 9.53 Å². The minimum Gasteiger partial charge on any atom is -0.468 e. The summed E-state index contributed by atoms with van der Waals surface area (Å²) < 4.78 is 5.15. The number of carbonyl (C=O) groups is 1. The van der Waals surface area contributed by atoms with Crippen molar-refractivity contribution in [3.8, 4) is 0 Å². The summed E-state index contributed by atoms with van der Waals surface area (Å²) in [6, 6.07) is 0.607. The molecule has 1 N–H and O–H groups in total. The van der Waals surface area contributed by atoms with Gasteiger partial charge < -0.3 is 15.0 Å². The summed E-state index contributed by atoms with van der Waals surface area (Å²) >= 11 is 0. The van der Waals surface area contributed by atoms with Crippen molar-refractivity contribution >= 4 is 5.97 Å². The van der Waals surface area contributed by atoms with Gasteiger partial charge in [-0.05, 0) is 51.1 Å². The van der Waals surface area contributed by atoms with Crippen LogP contribution in [0.5, 0.6) is 0 Å². The third-order valence-corrected chi connectivity index (χ3v) is 5.35. The molecule has 0 aromatic rings. The second-order valence-corrected chi connectivity index (χ2v) is 7.11. The van der Waals surface area contributed by atoms with E-state index in [4.69, 9.17) is 4.74 Å². The van der Waals surface area contributed by atoms with Crippen LogP contribution in [0.3, 0.4) is 0 Å². The van der Waals surface area contributed by atoms with Crippen molar-refractivity contribution in [2.75, 3.05) is 27.2 Å². The zero-order valence-electron chi connectivity index (χ0n) is 14.2. The number of esters is 1. The standard InChI is InChI=1S/C17H32N2O2/c1-5-18-17(14-9-10-14,16(20)21-4)12-19(3)15-8-6-7-13(2)11-15/h13-15,18H,5-12H2,1-4H3. The quantitative estimate of drug-likeness (QED) is 0.733. The van der Waals surface area contributed by atoms with Gasteiger partial charge in [0, 0.05) is 12.6 Å². The Hall–Kier alpha value is -0.610. The Balaban J connectivity index is 2.08. The maximum atomic E-state index is 12.5. The van der Waals surface area contributed by atoms with Crippen LogP contribution in [0, 0.1) is 11.8 Å². The molecule has 0 aliphatic heterocycles. The normalized spacial score (nSPS) is 29.2. The van der Waals surface area contributed by atoms with Gasteiger partial charge in [0.25, 0.3) is 0 Å². The van der Waals surface area contributed by atoms with Gasteiger partial charge in [0.2, 0.25) is 0 Å². The molecule has 0 aromatic heterocycles. The highest BCUT2D eigenvalue weighted by Crippen LogP contribution is 2.41. The van der Waals surface area contributed by atoms with Crippen LogP contribution in [-0.4, -0.2) is 49.7 Å². The number of carbonyl (C=O) groups excluding carboxylic acids is 1. The zero-order valence-corrected chi connectivity index (χ0v) is 14.2. The predicted octanol–water partition coefficient (Wildman–Crippen LogP) is 2.43. The van der Waals surface area contributed by atoms with Crippen LogP contribution in [0.1, 0.15) is 52.4 Å². The molecule has 0 amide bonds. The fourth-order valence-corrected chi connectivity index (χ4v) is 4.03. The molecule has 0 aromatic carbocycles. The molecule has 21 heavy (non-hydrogen) atoms. The number of hydrogen-bond acceptors (Lipinski definition) is 4. The molecule has 2 aliphatic carbocycles. The van der Waals surface area contributed by atoms with Gasteiger partial charge in [-0.1, -0.05) is 26.7 Å². The average molecular weight is 296 g/mol. The van der Waals surface area contributed by atoms with E-state index in [0.717, 1.165) is 31.8 Å². The second kappa shape index (κ2) is 7.10. The Bertz CT molecular complexity index is 357. The summed E-state index contributed by atoms with van der Waals surface area (Å²) in [5, 5.41) is 3.47. The lowest BCUT2D eigenvalue weighted by Gasteiger charge is -2.41. The molecule has 2 saturated carbocycles. The Morgan fingerprint density at radius 3 is 2.57 bits per heavy atom. The Morgan fingerprint density at radius 2 is 2.05 bits per heavy atom. The molecule has 2 aliphatic rings. The molecule has 4 heteroatoms. The van der Waals surface area contributed by atoms with Crippen molar-refractivity contribution in [3.63, 3.8) is 0 Å². The summed E-state index contributed by atoms with van der Waals surface area (Å²) in [5.41, 5.74) is -0.501. The van der Waals surface area contributed by atoms with E-state index in [9.17, 15) is 4.79 Å². The smallest absolute Gasteiger partial charge is 0.327 e. The molecular formula is C17H32N2O2. The van der Waals surface area contributed by atoms with E-state index in [0.29, 0.717) is 12.0 Å². The van der Waals surface area contributed by atoms with E-state index in [1.54, 1.807) is 0 Å². The van der Waals surface area contributed by atoms with E-state index >= 15 is 0 Å². The molecule has 0 saturated heterocycles. The van der Waals surface area contributed by atoms with Gasteiger partial charge in [-0.2, -0.15) is 0 Å². The number of nitrogens with zero attached hydrogens (tertiary/aromatic N) is 1. The minimum absolute atomic E-state index is 0.0810. The highest BCUT2D eigenvalue weighted by Gasteiger charge is 2.52. The van der Waals surface area contributed by atoms with Crippen molar-refractivity contribution in [2.24, 2.45) is 11.8 Å². The molecule has 3 unspecified atom stereocenters. The van der Waals surface area contributed by atoms with Gasteiger partial charge in [-0.3, -0.25) is 0 Å². The first-order valence-corrected chi connectivity index (χ1v) is 8.57. The third-order valence-electron chi connectivity index (χ3n) is 5.35. The number of likely N-dealkylation sites (N-methyl/N-ethyl adjacent to an activating group) is 2. The van der Waals surface area contributed by atoms with Crippen molar-refractivity contribution in [1.82, 2.24) is 10.2 Å². The molecule has 0 radical (unpaired) electrons. The number of nitrogens with one attached hydrogen (secondary N) is 1. The average Bonchev–Trinajstić information content (AvgIpc) is 3.30. The molecule has 2 rings (SSSR count). The number of ether oxygens (including phenoxy) is 1. The lowest BCUT2D eigenvalue weighted by atomic mass is 9.85.